The van der Waals surface area contributed by atoms with E-state index in [2.05, 4.69) is 4.98 Å². The van der Waals surface area contributed by atoms with Crippen molar-refractivity contribution in [3.05, 3.63) is 57.2 Å². The topological polar surface area (TPSA) is 60.2 Å². The maximum Gasteiger partial charge on any atom is 0.416 e. The minimum Gasteiger partial charge on any atom is -0.510 e. The number of aliphatic hydroxyl groups excluding tert-OH is 1. The largest absolute Gasteiger partial charge is 0.510 e. The highest BCUT2D eigenvalue weighted by Crippen LogP contribution is 2.32. The quantitative estimate of drug-likeness (QED) is 0.868. The van der Waals surface area contributed by atoms with Crippen LogP contribution < -0.4 is 0 Å². The van der Waals surface area contributed by atoms with Gasteiger partial charge in [0.05, 0.1) is 17.7 Å². The fourth-order valence-corrected chi connectivity index (χ4v) is 3.39. The fourth-order valence-electron chi connectivity index (χ4n) is 2.53. The number of nitrogens with one attached hydrogen (secondary N) is 1. The van der Waals surface area contributed by atoms with Crippen LogP contribution in [0, 0.1) is 12.3 Å². The van der Waals surface area contributed by atoms with Crippen molar-refractivity contribution in [1.82, 2.24) is 9.88 Å². The molecule has 2 heterocycles. The number of benzene rings is 1. The van der Waals surface area contributed by atoms with Gasteiger partial charge in [0.15, 0.2) is 0 Å². The molecule has 0 fully saturated rings. The van der Waals surface area contributed by atoms with Crippen LogP contribution in [0.3, 0.4) is 0 Å². The third-order valence-corrected chi connectivity index (χ3v) is 4.62. The highest BCUT2D eigenvalue weighted by atomic mass is 32.1. The Hall–Kier alpha value is -2.35. The first-order chi connectivity index (χ1) is 11.3. The normalized spacial score (nSPS) is 15.5. The second-order valence-corrected chi connectivity index (χ2v) is 6.38. The predicted molar refractivity (Wildman–Crippen MR) is 86.0 cm³/mol. The molecule has 0 aliphatic carbocycles. The van der Waals surface area contributed by atoms with Gasteiger partial charge < -0.3 is 10.0 Å². The number of nitrogens with zero attached hydrogens (tertiary/aromatic N) is 2. The van der Waals surface area contributed by atoms with Crippen molar-refractivity contribution in [3.8, 4) is 0 Å². The van der Waals surface area contributed by atoms with E-state index in [1.54, 1.807) is 6.07 Å². The zero-order valence-corrected chi connectivity index (χ0v) is 13.5. The Bertz CT molecular complexity index is 826. The van der Waals surface area contributed by atoms with Crippen LogP contribution >= 0.6 is 11.3 Å². The van der Waals surface area contributed by atoms with Crippen LogP contribution in [0.2, 0.25) is 0 Å². The molecule has 8 heteroatoms. The van der Waals surface area contributed by atoms with Crippen molar-refractivity contribution in [1.29, 1.82) is 5.41 Å². The summed E-state index contributed by atoms with van der Waals surface area (Å²) in [5.74, 6) is 0.0839. The number of hydrogen-bond acceptors (Lipinski definition) is 4. The van der Waals surface area contributed by atoms with Gasteiger partial charge in [-0.05, 0) is 24.6 Å². The molecule has 1 aromatic carbocycles. The third-order valence-electron chi connectivity index (χ3n) is 3.64. The minimum absolute atomic E-state index is 0.0151. The highest BCUT2D eigenvalue weighted by Gasteiger charge is 2.32. The van der Waals surface area contributed by atoms with E-state index in [-0.39, 0.29) is 24.7 Å². The molecule has 2 aromatic rings. The lowest BCUT2D eigenvalue weighted by molar-refractivity contribution is -0.137. The Labute approximate surface area is 140 Å². The molecule has 0 atom stereocenters. The molecule has 0 saturated carbocycles. The van der Waals surface area contributed by atoms with Gasteiger partial charge in [-0.3, -0.25) is 5.41 Å². The highest BCUT2D eigenvalue weighted by molar-refractivity contribution is 7.11. The van der Waals surface area contributed by atoms with Gasteiger partial charge in [-0.25, -0.2) is 4.98 Å². The second-order valence-electron chi connectivity index (χ2n) is 5.52. The van der Waals surface area contributed by atoms with Crippen LogP contribution in [0.25, 0.3) is 5.57 Å². The number of hydrogen-bond donors (Lipinski definition) is 2. The van der Waals surface area contributed by atoms with E-state index in [0.717, 1.165) is 17.8 Å². The summed E-state index contributed by atoms with van der Waals surface area (Å²) in [6.07, 6.45) is -4.40. The monoisotopic (exact) mass is 353 g/mol. The second kappa shape index (κ2) is 5.94. The molecule has 1 aliphatic heterocycles. The maximum absolute atomic E-state index is 12.8. The smallest absolute Gasteiger partial charge is 0.416 e. The van der Waals surface area contributed by atoms with E-state index in [1.165, 1.54) is 22.3 Å². The average molecular weight is 353 g/mol. The molecule has 2 N–H and O–H groups in total. The minimum atomic E-state index is -4.40. The summed E-state index contributed by atoms with van der Waals surface area (Å²) in [7, 11) is 0. The summed E-state index contributed by atoms with van der Waals surface area (Å²) in [6.45, 7) is 2.01. The maximum atomic E-state index is 12.8. The van der Waals surface area contributed by atoms with Crippen molar-refractivity contribution in [2.24, 2.45) is 0 Å². The van der Waals surface area contributed by atoms with E-state index < -0.39 is 11.7 Å². The predicted octanol–water partition coefficient (Wildman–Crippen LogP) is 4.23. The first-order valence-corrected chi connectivity index (χ1v) is 7.98. The van der Waals surface area contributed by atoms with Crippen LogP contribution in [0.4, 0.5) is 13.2 Å². The van der Waals surface area contributed by atoms with Crippen LogP contribution in [-0.2, 0) is 12.7 Å². The molecule has 1 aromatic heterocycles. The van der Waals surface area contributed by atoms with Crippen LogP contribution in [-0.4, -0.2) is 27.4 Å². The fraction of sp³-hybridized carbons (Fsp3) is 0.250. The lowest BCUT2D eigenvalue weighted by atomic mass is 10.1. The van der Waals surface area contributed by atoms with Gasteiger partial charge in [-0.15, -0.1) is 11.3 Å². The number of thiazole rings is 1. The van der Waals surface area contributed by atoms with E-state index >= 15 is 0 Å². The molecular formula is C16H14F3N3OS. The van der Waals surface area contributed by atoms with E-state index in [4.69, 9.17) is 5.41 Å². The van der Waals surface area contributed by atoms with Crippen LogP contribution in [0.1, 0.15) is 21.8 Å². The Morgan fingerprint density at radius 2 is 2.12 bits per heavy atom. The zero-order chi connectivity index (χ0) is 17.5. The number of rotatable bonds is 3. The van der Waals surface area contributed by atoms with Gasteiger partial charge in [-0.1, -0.05) is 12.1 Å². The SMILES string of the molecule is Cc1csc(C2=C(O)CN(Cc3cccc(C(F)(F)F)c3)C2=N)n1. The van der Waals surface area contributed by atoms with Crippen LogP contribution in [0.5, 0.6) is 0 Å². The number of aryl methyl sites for hydroxylation is 1. The van der Waals surface area contributed by atoms with Crippen molar-refractivity contribution in [3.63, 3.8) is 0 Å². The molecule has 126 valence electrons. The van der Waals surface area contributed by atoms with Crippen molar-refractivity contribution >= 4 is 22.7 Å². The van der Waals surface area contributed by atoms with Crippen molar-refractivity contribution in [2.75, 3.05) is 6.54 Å². The Kier molecular flexibility index (Phi) is 4.08. The van der Waals surface area contributed by atoms with Gasteiger partial charge in [0.2, 0.25) is 0 Å². The number of halogens is 3. The summed E-state index contributed by atoms with van der Waals surface area (Å²) in [6, 6.07) is 5.00. The van der Waals surface area contributed by atoms with Crippen LogP contribution in [0.15, 0.2) is 35.4 Å². The number of aliphatic hydroxyl groups is 1. The first kappa shape index (κ1) is 16.5. The molecule has 0 saturated heterocycles. The van der Waals surface area contributed by atoms with E-state index in [0.29, 0.717) is 16.1 Å². The Balaban J connectivity index is 1.80. The molecular weight excluding hydrogens is 339 g/mol. The van der Waals surface area contributed by atoms with Crippen molar-refractivity contribution < 1.29 is 18.3 Å². The van der Waals surface area contributed by atoms with Gasteiger partial charge in [0, 0.05) is 17.6 Å². The summed E-state index contributed by atoms with van der Waals surface area (Å²) in [5.41, 5.74) is 0.845. The lowest BCUT2D eigenvalue weighted by Crippen LogP contribution is -2.26. The van der Waals surface area contributed by atoms with Gasteiger partial charge in [0.1, 0.15) is 16.6 Å². The first-order valence-electron chi connectivity index (χ1n) is 7.10. The van der Waals surface area contributed by atoms with E-state index in [9.17, 15) is 18.3 Å². The van der Waals surface area contributed by atoms with E-state index in [1.807, 2.05) is 12.3 Å². The van der Waals surface area contributed by atoms with Gasteiger partial charge >= 0.3 is 6.18 Å². The standard InChI is InChI=1S/C16H14F3N3OS/c1-9-8-24-15(21-9)13-12(23)7-22(14(13)20)6-10-3-2-4-11(5-10)16(17,18)19/h2-5,8,20,23H,6-7H2,1H3. The molecule has 0 amide bonds. The Morgan fingerprint density at radius 3 is 2.75 bits per heavy atom. The summed E-state index contributed by atoms with van der Waals surface area (Å²) in [4.78, 5) is 5.79. The summed E-state index contributed by atoms with van der Waals surface area (Å²) >= 11 is 1.32. The summed E-state index contributed by atoms with van der Waals surface area (Å²) < 4.78 is 38.4. The summed E-state index contributed by atoms with van der Waals surface area (Å²) in [5, 5.41) is 20.7. The van der Waals surface area contributed by atoms with Gasteiger partial charge in [-0.2, -0.15) is 13.2 Å². The molecule has 0 spiro atoms. The average Bonchev–Trinajstić information content (AvgIpc) is 3.02. The Morgan fingerprint density at radius 1 is 1.38 bits per heavy atom. The molecule has 0 unspecified atom stereocenters. The third kappa shape index (κ3) is 3.14. The van der Waals surface area contributed by atoms with Crippen molar-refractivity contribution in [2.45, 2.75) is 19.6 Å². The number of aromatic nitrogens is 1. The zero-order valence-electron chi connectivity index (χ0n) is 12.7. The number of amidine groups is 1. The lowest BCUT2D eigenvalue weighted by Gasteiger charge is -2.19. The molecule has 1 aliphatic rings. The molecule has 24 heavy (non-hydrogen) atoms. The van der Waals surface area contributed by atoms with Gasteiger partial charge in [0.25, 0.3) is 0 Å². The molecule has 0 radical (unpaired) electrons. The molecule has 4 nitrogen and oxygen atoms in total. The molecule has 3 rings (SSSR count). The number of alkyl halides is 3. The molecule has 0 bridgehead atoms.